The van der Waals surface area contributed by atoms with Gasteiger partial charge in [-0.3, -0.25) is 4.79 Å². The average molecular weight is 1120 g/mol. The average Bonchev–Trinajstić information content (AvgIpc) is 3.77. The summed E-state index contributed by atoms with van der Waals surface area (Å²) in [5.41, 5.74) is -0.465. The van der Waals surface area contributed by atoms with Crippen LogP contribution in [0.2, 0.25) is 20.6 Å². The van der Waals surface area contributed by atoms with Crippen molar-refractivity contribution in [2.45, 2.75) is 147 Å². The van der Waals surface area contributed by atoms with Crippen molar-refractivity contribution in [2.24, 2.45) is 22.4 Å². The van der Waals surface area contributed by atoms with Crippen LogP contribution in [0.3, 0.4) is 0 Å². The molecule has 1 saturated carbocycles. The minimum Gasteiger partial charge on any atom is -0.478 e. The Morgan fingerprint density at radius 3 is 1.74 bits per heavy atom. The van der Waals surface area contributed by atoms with Crippen LogP contribution in [0, 0.1) is 17.3 Å². The maximum Gasteiger partial charge on any atom is 0.410 e. The van der Waals surface area contributed by atoms with Crippen LogP contribution < -0.4 is 20.5 Å². The molecule has 4 aromatic rings. The van der Waals surface area contributed by atoms with Crippen LogP contribution in [0.4, 0.5) is 16.4 Å². The van der Waals surface area contributed by atoms with Crippen molar-refractivity contribution in [3.8, 4) is 0 Å². The number of hydrogen-bond donors (Lipinski definition) is 5. The van der Waals surface area contributed by atoms with Crippen LogP contribution in [0.5, 0.6) is 0 Å². The highest BCUT2D eigenvalue weighted by Gasteiger charge is 2.43. The van der Waals surface area contributed by atoms with E-state index in [1.54, 1.807) is 24.3 Å². The smallest absolute Gasteiger partial charge is 0.410 e. The molecule has 1 aliphatic carbocycles. The number of nitrogens with zero attached hydrogens (tertiary/aromatic N) is 5. The Bertz CT molecular complexity index is 2780. The number of carboxylic acid groups (broad SMARTS) is 1. The van der Waals surface area contributed by atoms with Crippen molar-refractivity contribution < 1.29 is 41.1 Å². The second-order valence-corrected chi connectivity index (χ2v) is 25.1. The fourth-order valence-electron chi connectivity index (χ4n) is 8.35. The lowest BCUT2D eigenvalue weighted by Gasteiger charge is -2.33. The molecule has 0 aromatic carbocycles. The Balaban J connectivity index is 0.000000259. The summed E-state index contributed by atoms with van der Waals surface area (Å²) in [7, 11) is -8.03. The van der Waals surface area contributed by atoms with Gasteiger partial charge in [-0.15, -0.1) is 0 Å². The van der Waals surface area contributed by atoms with Crippen molar-refractivity contribution in [3.05, 3.63) is 92.4 Å². The number of ether oxygens (including phenoxy) is 1. The molecule has 396 valence electrons. The number of pyridine rings is 4. The number of sulfonamides is 2. The molecule has 4 aromatic heterocycles. The Kier molecular flexibility index (Phi) is 20.9. The first-order valence-corrected chi connectivity index (χ1v) is 27.7. The van der Waals surface area contributed by atoms with Crippen LogP contribution in [-0.4, -0.2) is 94.5 Å². The molecule has 2 fully saturated rings. The SMILES string of the molecule is CC(CCC1CCC(C)(C)C1)Nc1cccc(S(=O)(=O)NC(=O)c2ccc(Cl)nc2Cl)n1.CC(CCC1CN(C(=O)OC(C)(C)C)C(C)(C)C1)Nc1cccc(S(N)(=O)=O)n1.O=C(O)c1ccc(Cl)nc1Cl. The number of carbonyl (C=O) groups excluding carboxylic acids is 2. The zero-order valence-electron chi connectivity index (χ0n) is 41.8. The number of halogens is 4. The second kappa shape index (κ2) is 25.1. The summed E-state index contributed by atoms with van der Waals surface area (Å²) in [6.45, 7) is 19.2. The van der Waals surface area contributed by atoms with Gasteiger partial charge in [0.25, 0.3) is 26.0 Å². The lowest BCUT2D eigenvalue weighted by molar-refractivity contribution is 0.0130. The molecule has 6 rings (SSSR count). The lowest BCUT2D eigenvalue weighted by Crippen LogP contribution is -2.45. The molecule has 4 atom stereocenters. The number of aromatic nitrogens is 4. The van der Waals surface area contributed by atoms with E-state index in [-0.39, 0.29) is 65.5 Å². The van der Waals surface area contributed by atoms with Crippen molar-refractivity contribution in [1.82, 2.24) is 29.6 Å². The summed E-state index contributed by atoms with van der Waals surface area (Å²) >= 11 is 22.5. The third-order valence-corrected chi connectivity index (χ3v) is 14.8. The number of rotatable bonds is 15. The third-order valence-electron chi connectivity index (χ3n) is 11.8. The van der Waals surface area contributed by atoms with Gasteiger partial charge in [0.05, 0.1) is 11.1 Å². The van der Waals surface area contributed by atoms with Gasteiger partial charge >= 0.3 is 12.1 Å². The maximum atomic E-state index is 12.7. The summed E-state index contributed by atoms with van der Waals surface area (Å²) in [5, 5.41) is 19.7. The van der Waals surface area contributed by atoms with Gasteiger partial charge in [0.1, 0.15) is 37.8 Å². The Hall–Kier alpha value is -4.57. The molecule has 0 bridgehead atoms. The molecule has 2 amide bonds. The number of likely N-dealkylation sites (tertiary alicyclic amines) is 1. The highest BCUT2D eigenvalue weighted by Crippen LogP contribution is 2.43. The predicted molar refractivity (Wildman–Crippen MR) is 281 cm³/mol. The number of anilines is 2. The van der Waals surface area contributed by atoms with Crippen LogP contribution in [0.15, 0.2) is 70.7 Å². The number of hydrogen-bond acceptors (Lipinski definition) is 14. The van der Waals surface area contributed by atoms with Gasteiger partial charge in [-0.25, -0.2) is 47.8 Å². The summed E-state index contributed by atoms with van der Waals surface area (Å²) in [5.74, 6) is 0.00655. The highest BCUT2D eigenvalue weighted by atomic mass is 35.5. The van der Waals surface area contributed by atoms with Gasteiger partial charge in [-0.1, -0.05) is 72.4 Å². The molecule has 6 N–H and O–H groups in total. The first-order valence-electron chi connectivity index (χ1n) is 23.2. The van der Waals surface area contributed by atoms with E-state index in [1.165, 1.54) is 55.7 Å². The second-order valence-electron chi connectivity index (χ2n) is 20.4. The van der Waals surface area contributed by atoms with E-state index in [2.05, 4.69) is 65.2 Å². The molecule has 18 nitrogen and oxygen atoms in total. The summed E-state index contributed by atoms with van der Waals surface area (Å²) in [6, 6.07) is 14.9. The molecule has 0 radical (unpaired) electrons. The van der Waals surface area contributed by atoms with Gasteiger partial charge in [0, 0.05) is 24.2 Å². The third kappa shape index (κ3) is 19.0. The lowest BCUT2D eigenvalue weighted by atomic mass is 9.89. The van der Waals surface area contributed by atoms with Crippen molar-refractivity contribution in [3.63, 3.8) is 0 Å². The van der Waals surface area contributed by atoms with E-state index >= 15 is 0 Å². The summed E-state index contributed by atoms with van der Waals surface area (Å²) in [4.78, 5) is 52.7. The van der Waals surface area contributed by atoms with E-state index in [4.69, 9.17) is 61.4 Å². The molecular formula is C48H65Cl4N9O9S2. The summed E-state index contributed by atoms with van der Waals surface area (Å²) in [6.07, 6.45) is 8.33. The first kappa shape index (κ1) is 60.0. The number of carboxylic acids is 1. The number of carbonyl (C=O) groups is 3. The zero-order valence-corrected chi connectivity index (χ0v) is 46.5. The normalized spacial score (nSPS) is 18.1. The van der Waals surface area contributed by atoms with Gasteiger partial charge in [0.15, 0.2) is 10.1 Å². The summed E-state index contributed by atoms with van der Waals surface area (Å²) < 4.78 is 55.8. The van der Waals surface area contributed by atoms with Crippen molar-refractivity contribution in [1.29, 1.82) is 0 Å². The predicted octanol–water partition coefficient (Wildman–Crippen LogP) is 10.7. The molecule has 0 spiro atoms. The molecule has 1 aliphatic heterocycles. The maximum absolute atomic E-state index is 12.7. The van der Waals surface area contributed by atoms with Crippen LogP contribution in [0.25, 0.3) is 0 Å². The first-order chi connectivity index (χ1) is 33.2. The fourth-order valence-corrected chi connectivity index (χ4v) is 10.6. The Morgan fingerprint density at radius 1 is 0.764 bits per heavy atom. The quantitative estimate of drug-likeness (QED) is 0.0693. The molecule has 5 heterocycles. The van der Waals surface area contributed by atoms with E-state index in [0.29, 0.717) is 29.5 Å². The highest BCUT2D eigenvalue weighted by molar-refractivity contribution is 7.90. The topological polar surface area (TPSA) is 266 Å². The number of primary sulfonamides is 1. The van der Waals surface area contributed by atoms with Crippen LogP contribution in [-0.2, 0) is 24.8 Å². The Labute approximate surface area is 443 Å². The van der Waals surface area contributed by atoms with Gasteiger partial charge in [-0.2, -0.15) is 8.42 Å². The number of nitrogens with two attached hydrogens (primary N) is 1. The zero-order chi connectivity index (χ0) is 54.0. The number of nitrogens with one attached hydrogen (secondary N) is 3. The fraction of sp³-hybridized carbons (Fsp3) is 0.521. The van der Waals surface area contributed by atoms with Gasteiger partial charge < -0.3 is 25.4 Å². The molecule has 72 heavy (non-hydrogen) atoms. The minimum absolute atomic E-state index is 0.0453. The Morgan fingerprint density at radius 2 is 1.26 bits per heavy atom. The number of aromatic carboxylic acids is 1. The van der Waals surface area contributed by atoms with E-state index < -0.39 is 37.5 Å². The van der Waals surface area contributed by atoms with E-state index in [0.717, 1.165) is 38.0 Å². The minimum atomic E-state index is -4.20. The van der Waals surface area contributed by atoms with E-state index in [1.807, 2.05) is 37.3 Å². The van der Waals surface area contributed by atoms with Crippen molar-refractivity contribution >= 4 is 96.1 Å². The van der Waals surface area contributed by atoms with E-state index in [9.17, 15) is 31.2 Å². The monoisotopic (exact) mass is 1120 g/mol. The van der Waals surface area contributed by atoms with Gasteiger partial charge in [-0.05, 0) is 166 Å². The number of amides is 2. The van der Waals surface area contributed by atoms with Crippen molar-refractivity contribution in [2.75, 3.05) is 17.2 Å². The molecule has 1 saturated heterocycles. The molecular weight excluding hydrogens is 1050 g/mol. The molecule has 24 heteroatoms. The molecule has 2 aliphatic rings. The van der Waals surface area contributed by atoms with Gasteiger partial charge in [0.2, 0.25) is 0 Å². The largest absolute Gasteiger partial charge is 0.478 e. The van der Waals surface area contributed by atoms with Crippen LogP contribution >= 0.6 is 46.4 Å². The standard InChI is InChI=1S/C22H28Cl2N4O3S.C20H34N4O4S.C6H3Cl2NO2/c1-14(7-8-15-11-12-22(2,3)13-15)25-18-5-4-6-19(27-18)32(30,31)28-21(29)16-9-10-17(23)26-20(16)24;1-14(22-16-8-7-9-17(23-16)29(21,26)27)10-11-15-12-20(5,6)24(13-15)18(25)28-19(2,3)4;7-4-2-1-3(6(10)11)5(8)9-4/h4-6,9-10,14-15H,7-8,11-13H2,1-3H3,(H,25,27)(H,28,29);7-9,14-15H,10-13H2,1-6H3,(H,22,23)(H2,21,26,27);1-2H,(H,10,11). The van der Waals surface area contributed by atoms with Crippen LogP contribution in [0.1, 0.15) is 134 Å². The molecule has 4 unspecified atom stereocenters.